The fraction of sp³-hybridized carbons (Fsp3) is 0.917. The lowest BCUT2D eigenvalue weighted by Gasteiger charge is -2.21. The van der Waals surface area contributed by atoms with Gasteiger partial charge in [0.1, 0.15) is 0 Å². The third kappa shape index (κ3) is 1.90. The van der Waals surface area contributed by atoms with E-state index in [0.29, 0.717) is 17.9 Å². The Labute approximate surface area is 96.8 Å². The summed E-state index contributed by atoms with van der Waals surface area (Å²) in [5, 5.41) is 6.58. The largest absolute Gasteiger partial charge is 0.335 e. The summed E-state index contributed by atoms with van der Waals surface area (Å²) in [6.07, 6.45) is 4.90. The van der Waals surface area contributed by atoms with E-state index in [1.54, 1.807) is 0 Å². The smallest absolute Gasteiger partial charge is 0.317 e. The van der Waals surface area contributed by atoms with Gasteiger partial charge in [-0.1, -0.05) is 12.8 Å². The molecule has 4 heteroatoms. The minimum Gasteiger partial charge on any atom is -0.335 e. The molecule has 0 bridgehead atoms. The first-order valence-corrected chi connectivity index (χ1v) is 6.59. The molecule has 4 nitrogen and oxygen atoms in total. The Morgan fingerprint density at radius 1 is 1.12 bits per heavy atom. The van der Waals surface area contributed by atoms with Gasteiger partial charge in [0.05, 0.1) is 0 Å². The van der Waals surface area contributed by atoms with Crippen molar-refractivity contribution in [3.63, 3.8) is 0 Å². The quantitative estimate of drug-likeness (QED) is 0.690. The summed E-state index contributed by atoms with van der Waals surface area (Å²) < 4.78 is 0. The van der Waals surface area contributed by atoms with Crippen LogP contribution in [0.25, 0.3) is 0 Å². The van der Waals surface area contributed by atoms with E-state index in [0.717, 1.165) is 26.2 Å². The van der Waals surface area contributed by atoms with Crippen LogP contribution in [-0.4, -0.2) is 43.2 Å². The van der Waals surface area contributed by atoms with Crippen molar-refractivity contribution in [1.82, 2.24) is 15.5 Å². The summed E-state index contributed by atoms with van der Waals surface area (Å²) >= 11 is 0. The van der Waals surface area contributed by atoms with Gasteiger partial charge in [0.15, 0.2) is 0 Å². The molecule has 0 radical (unpaired) electrons. The molecule has 3 aliphatic rings. The standard InChI is InChI=1S/C12H21N3O/c16-12(14-11-3-1-2-4-11)15-7-9-5-13-6-10(9)8-15/h9-11,13H,1-8H2,(H,14,16). The van der Waals surface area contributed by atoms with Crippen LogP contribution >= 0.6 is 0 Å². The zero-order valence-electron chi connectivity index (χ0n) is 9.74. The molecule has 2 saturated heterocycles. The van der Waals surface area contributed by atoms with E-state index in [2.05, 4.69) is 10.6 Å². The number of hydrogen-bond acceptors (Lipinski definition) is 2. The SMILES string of the molecule is O=C(NC1CCCC1)N1CC2CNCC2C1. The molecule has 2 amide bonds. The first kappa shape index (κ1) is 10.4. The maximum absolute atomic E-state index is 12.0. The average Bonchev–Trinajstić information content (AvgIpc) is 2.91. The lowest BCUT2D eigenvalue weighted by molar-refractivity contribution is 0.201. The van der Waals surface area contributed by atoms with Crippen LogP contribution < -0.4 is 10.6 Å². The van der Waals surface area contributed by atoms with Crippen molar-refractivity contribution in [2.75, 3.05) is 26.2 Å². The molecule has 2 heterocycles. The number of carbonyl (C=O) groups excluding carboxylic acids is 1. The lowest BCUT2D eigenvalue weighted by Crippen LogP contribution is -2.43. The topological polar surface area (TPSA) is 44.4 Å². The van der Waals surface area contributed by atoms with Gasteiger partial charge in [-0.3, -0.25) is 0 Å². The van der Waals surface area contributed by atoms with Crippen molar-refractivity contribution in [2.45, 2.75) is 31.7 Å². The average molecular weight is 223 g/mol. The van der Waals surface area contributed by atoms with Crippen molar-refractivity contribution in [3.05, 3.63) is 0 Å². The molecule has 0 aromatic heterocycles. The summed E-state index contributed by atoms with van der Waals surface area (Å²) in [6.45, 7) is 4.10. The second-order valence-corrected chi connectivity index (χ2v) is 5.51. The second kappa shape index (κ2) is 4.24. The maximum atomic E-state index is 12.0. The van der Waals surface area contributed by atoms with E-state index in [1.807, 2.05) is 4.90 Å². The van der Waals surface area contributed by atoms with Crippen LogP contribution in [0.3, 0.4) is 0 Å². The van der Waals surface area contributed by atoms with Crippen LogP contribution in [0.4, 0.5) is 4.79 Å². The number of urea groups is 1. The normalized spacial score (nSPS) is 34.4. The fourth-order valence-corrected chi connectivity index (χ4v) is 3.36. The van der Waals surface area contributed by atoms with Crippen LogP contribution in [0.2, 0.25) is 0 Å². The number of amides is 2. The van der Waals surface area contributed by atoms with Crippen molar-refractivity contribution >= 4 is 6.03 Å². The summed E-state index contributed by atoms with van der Waals surface area (Å²) in [5.41, 5.74) is 0. The maximum Gasteiger partial charge on any atom is 0.317 e. The molecule has 2 unspecified atom stereocenters. The summed E-state index contributed by atoms with van der Waals surface area (Å²) in [4.78, 5) is 14.0. The van der Waals surface area contributed by atoms with Crippen LogP contribution in [0.5, 0.6) is 0 Å². The van der Waals surface area contributed by atoms with Gasteiger partial charge in [-0.25, -0.2) is 4.79 Å². The highest BCUT2D eigenvalue weighted by atomic mass is 16.2. The summed E-state index contributed by atoms with van der Waals surface area (Å²) in [6, 6.07) is 0.632. The molecule has 3 fully saturated rings. The molecule has 16 heavy (non-hydrogen) atoms. The van der Waals surface area contributed by atoms with Crippen molar-refractivity contribution < 1.29 is 4.79 Å². The lowest BCUT2D eigenvalue weighted by atomic mass is 10.0. The third-order valence-electron chi connectivity index (χ3n) is 4.36. The molecule has 2 aliphatic heterocycles. The Morgan fingerprint density at radius 3 is 2.38 bits per heavy atom. The second-order valence-electron chi connectivity index (χ2n) is 5.51. The van der Waals surface area contributed by atoms with E-state index in [-0.39, 0.29) is 6.03 Å². The highest BCUT2D eigenvalue weighted by molar-refractivity contribution is 5.75. The molecule has 2 N–H and O–H groups in total. The number of fused-ring (bicyclic) bond motifs is 1. The molecule has 90 valence electrons. The van der Waals surface area contributed by atoms with E-state index < -0.39 is 0 Å². The monoisotopic (exact) mass is 223 g/mol. The molecule has 0 aromatic carbocycles. The third-order valence-corrected chi connectivity index (χ3v) is 4.36. The predicted molar refractivity (Wildman–Crippen MR) is 62.2 cm³/mol. The number of rotatable bonds is 1. The van der Waals surface area contributed by atoms with E-state index in [9.17, 15) is 4.79 Å². The zero-order valence-corrected chi connectivity index (χ0v) is 9.74. The molecule has 0 aromatic rings. The highest BCUT2D eigenvalue weighted by Gasteiger charge is 2.38. The predicted octanol–water partition coefficient (Wildman–Crippen LogP) is 0.790. The fourth-order valence-electron chi connectivity index (χ4n) is 3.36. The number of carbonyl (C=O) groups is 1. The minimum absolute atomic E-state index is 0.182. The van der Waals surface area contributed by atoms with E-state index in [1.165, 1.54) is 25.7 Å². The number of likely N-dealkylation sites (tertiary alicyclic amines) is 1. The first-order valence-electron chi connectivity index (χ1n) is 6.59. The van der Waals surface area contributed by atoms with Gasteiger partial charge in [-0.15, -0.1) is 0 Å². The molecule has 3 rings (SSSR count). The van der Waals surface area contributed by atoms with E-state index >= 15 is 0 Å². The number of nitrogens with zero attached hydrogens (tertiary/aromatic N) is 1. The van der Waals surface area contributed by atoms with E-state index in [4.69, 9.17) is 0 Å². The van der Waals surface area contributed by atoms with Crippen molar-refractivity contribution in [2.24, 2.45) is 11.8 Å². The van der Waals surface area contributed by atoms with Gasteiger partial charge in [-0.05, 0) is 24.7 Å². The van der Waals surface area contributed by atoms with Crippen LogP contribution in [-0.2, 0) is 0 Å². The molecule has 1 saturated carbocycles. The van der Waals surface area contributed by atoms with Gasteiger partial charge in [0.25, 0.3) is 0 Å². The summed E-state index contributed by atoms with van der Waals surface area (Å²) in [5.74, 6) is 1.41. The van der Waals surface area contributed by atoms with Gasteiger partial charge < -0.3 is 15.5 Å². The number of hydrogen-bond donors (Lipinski definition) is 2. The molecular formula is C12H21N3O. The Hall–Kier alpha value is -0.770. The van der Waals surface area contributed by atoms with Gasteiger partial charge >= 0.3 is 6.03 Å². The highest BCUT2D eigenvalue weighted by Crippen LogP contribution is 2.26. The van der Waals surface area contributed by atoms with Gasteiger partial charge in [0, 0.05) is 32.2 Å². The molecule has 1 aliphatic carbocycles. The first-order chi connectivity index (χ1) is 7.83. The zero-order chi connectivity index (χ0) is 11.0. The Balaban J connectivity index is 1.51. The van der Waals surface area contributed by atoms with Gasteiger partial charge in [-0.2, -0.15) is 0 Å². The van der Waals surface area contributed by atoms with Crippen molar-refractivity contribution in [1.29, 1.82) is 0 Å². The van der Waals surface area contributed by atoms with Crippen LogP contribution in [0, 0.1) is 11.8 Å². The Kier molecular flexibility index (Phi) is 2.75. The minimum atomic E-state index is 0.182. The number of nitrogens with one attached hydrogen (secondary N) is 2. The molecule has 0 spiro atoms. The molecular weight excluding hydrogens is 202 g/mol. The Bertz CT molecular complexity index is 263. The van der Waals surface area contributed by atoms with Crippen molar-refractivity contribution in [3.8, 4) is 0 Å². The molecule has 2 atom stereocenters. The van der Waals surface area contributed by atoms with Crippen LogP contribution in [0.15, 0.2) is 0 Å². The summed E-state index contributed by atoms with van der Waals surface area (Å²) in [7, 11) is 0. The van der Waals surface area contributed by atoms with Gasteiger partial charge in [0.2, 0.25) is 0 Å². The Morgan fingerprint density at radius 2 is 1.75 bits per heavy atom. The van der Waals surface area contributed by atoms with Crippen LogP contribution in [0.1, 0.15) is 25.7 Å².